The fourth-order valence-corrected chi connectivity index (χ4v) is 1.93. The molecule has 0 aromatic carbocycles. The number of nitrogens with one attached hydrogen (secondary N) is 1. The van der Waals surface area contributed by atoms with Crippen LogP contribution in [-0.2, 0) is 0 Å². The van der Waals surface area contributed by atoms with E-state index in [-0.39, 0.29) is 0 Å². The molecule has 0 atom stereocenters. The normalized spacial score (nSPS) is 20.5. The zero-order valence-electron chi connectivity index (χ0n) is 7.18. The summed E-state index contributed by atoms with van der Waals surface area (Å²) in [6, 6.07) is 0. The van der Waals surface area contributed by atoms with Crippen LogP contribution in [0.4, 0.5) is 0 Å². The maximum absolute atomic E-state index is 4.16. The van der Waals surface area contributed by atoms with Gasteiger partial charge in [0.1, 0.15) is 0 Å². The van der Waals surface area contributed by atoms with Gasteiger partial charge in [-0.05, 0) is 25.3 Å². The number of hydrogen-bond donors (Lipinski definition) is 2. The second kappa shape index (κ2) is 5.90. The molecule has 1 aliphatic rings. The van der Waals surface area contributed by atoms with Gasteiger partial charge in [-0.1, -0.05) is 19.3 Å². The molecule has 0 unspecified atom stereocenters. The largest absolute Gasteiger partial charge is 0.316 e. The molecule has 1 N–H and O–H groups in total. The number of rotatable bonds is 4. The Hall–Kier alpha value is 0.310. The van der Waals surface area contributed by atoms with E-state index in [2.05, 4.69) is 17.9 Å². The Balaban J connectivity index is 1.96. The second-order valence-corrected chi connectivity index (χ2v) is 3.88. The fourth-order valence-electron chi connectivity index (χ4n) is 1.78. The van der Waals surface area contributed by atoms with Crippen LogP contribution in [0.5, 0.6) is 0 Å². The second-order valence-electron chi connectivity index (χ2n) is 3.43. The summed E-state index contributed by atoms with van der Waals surface area (Å²) in [4.78, 5) is 0. The van der Waals surface area contributed by atoms with Crippen molar-refractivity contribution in [2.24, 2.45) is 5.92 Å². The SMILES string of the molecule is SCCNCC1CCCCC1. The molecule has 0 aromatic rings. The summed E-state index contributed by atoms with van der Waals surface area (Å²) in [6.07, 6.45) is 7.25. The lowest BCUT2D eigenvalue weighted by atomic mass is 9.89. The van der Waals surface area contributed by atoms with Gasteiger partial charge in [0.25, 0.3) is 0 Å². The first-order valence-corrected chi connectivity index (χ1v) is 5.38. The summed E-state index contributed by atoms with van der Waals surface area (Å²) in [7, 11) is 0. The average Bonchev–Trinajstić information content (AvgIpc) is 2.07. The maximum atomic E-state index is 4.16. The molecule has 0 radical (unpaired) electrons. The summed E-state index contributed by atoms with van der Waals surface area (Å²) >= 11 is 4.16. The van der Waals surface area contributed by atoms with E-state index in [1.54, 1.807) is 0 Å². The van der Waals surface area contributed by atoms with Gasteiger partial charge >= 0.3 is 0 Å². The van der Waals surface area contributed by atoms with Crippen molar-refractivity contribution in [1.82, 2.24) is 5.32 Å². The Morgan fingerprint density at radius 3 is 2.55 bits per heavy atom. The predicted octanol–water partition coefficient (Wildman–Crippen LogP) is 2.09. The lowest BCUT2D eigenvalue weighted by Crippen LogP contribution is -2.25. The first kappa shape index (κ1) is 9.40. The molecule has 1 fully saturated rings. The lowest BCUT2D eigenvalue weighted by Gasteiger charge is -2.21. The van der Waals surface area contributed by atoms with Gasteiger partial charge in [-0.2, -0.15) is 12.6 Å². The first-order chi connectivity index (χ1) is 5.43. The van der Waals surface area contributed by atoms with Crippen LogP contribution in [0.2, 0.25) is 0 Å². The van der Waals surface area contributed by atoms with Crippen LogP contribution in [0.3, 0.4) is 0 Å². The Morgan fingerprint density at radius 2 is 1.91 bits per heavy atom. The molecule has 2 heteroatoms. The predicted molar refractivity (Wildman–Crippen MR) is 53.3 cm³/mol. The van der Waals surface area contributed by atoms with Crippen LogP contribution in [-0.4, -0.2) is 18.8 Å². The van der Waals surface area contributed by atoms with Gasteiger partial charge in [-0.25, -0.2) is 0 Å². The lowest BCUT2D eigenvalue weighted by molar-refractivity contribution is 0.345. The highest BCUT2D eigenvalue weighted by atomic mass is 32.1. The van der Waals surface area contributed by atoms with Crippen LogP contribution >= 0.6 is 12.6 Å². The van der Waals surface area contributed by atoms with Crippen LogP contribution in [0.1, 0.15) is 32.1 Å². The van der Waals surface area contributed by atoms with E-state index in [1.165, 1.54) is 38.6 Å². The van der Waals surface area contributed by atoms with Gasteiger partial charge in [0.2, 0.25) is 0 Å². The third-order valence-corrected chi connectivity index (χ3v) is 2.67. The van der Waals surface area contributed by atoms with Gasteiger partial charge in [-0.15, -0.1) is 0 Å². The molecule has 0 bridgehead atoms. The third kappa shape index (κ3) is 4.02. The monoisotopic (exact) mass is 173 g/mol. The Kier molecular flexibility index (Phi) is 5.04. The Labute approximate surface area is 75.4 Å². The summed E-state index contributed by atoms with van der Waals surface area (Å²) < 4.78 is 0. The van der Waals surface area contributed by atoms with Crippen LogP contribution in [0.15, 0.2) is 0 Å². The van der Waals surface area contributed by atoms with Crippen molar-refractivity contribution >= 4 is 12.6 Å². The molecule has 0 saturated heterocycles. The minimum atomic E-state index is 0.962. The van der Waals surface area contributed by atoms with Crippen LogP contribution in [0.25, 0.3) is 0 Å². The molecule has 1 nitrogen and oxygen atoms in total. The standard InChI is InChI=1S/C9H19NS/c11-7-6-10-8-9-4-2-1-3-5-9/h9-11H,1-8H2. The highest BCUT2D eigenvalue weighted by Gasteiger charge is 2.11. The molecule has 0 aromatic heterocycles. The summed E-state index contributed by atoms with van der Waals surface area (Å²) in [5.41, 5.74) is 0. The van der Waals surface area contributed by atoms with Crippen molar-refractivity contribution in [1.29, 1.82) is 0 Å². The maximum Gasteiger partial charge on any atom is 0.00398 e. The van der Waals surface area contributed by atoms with Crippen LogP contribution < -0.4 is 5.32 Å². The zero-order chi connectivity index (χ0) is 7.94. The number of hydrogen-bond acceptors (Lipinski definition) is 2. The third-order valence-electron chi connectivity index (χ3n) is 2.45. The van der Waals surface area contributed by atoms with Gasteiger partial charge in [-0.3, -0.25) is 0 Å². The van der Waals surface area contributed by atoms with E-state index >= 15 is 0 Å². The summed E-state index contributed by atoms with van der Waals surface area (Å²) in [6.45, 7) is 2.29. The molecular weight excluding hydrogens is 154 g/mol. The molecule has 0 aliphatic heterocycles. The molecule has 1 aliphatic carbocycles. The number of thiol groups is 1. The summed E-state index contributed by atoms with van der Waals surface area (Å²) in [5.74, 6) is 1.93. The average molecular weight is 173 g/mol. The van der Waals surface area contributed by atoms with E-state index in [1.807, 2.05) is 0 Å². The van der Waals surface area contributed by atoms with Crippen molar-refractivity contribution in [3.05, 3.63) is 0 Å². The minimum absolute atomic E-state index is 0.962. The highest BCUT2D eigenvalue weighted by molar-refractivity contribution is 7.80. The van der Waals surface area contributed by atoms with Gasteiger partial charge in [0.15, 0.2) is 0 Å². The van der Waals surface area contributed by atoms with E-state index in [9.17, 15) is 0 Å². The van der Waals surface area contributed by atoms with E-state index in [0.29, 0.717) is 0 Å². The highest BCUT2D eigenvalue weighted by Crippen LogP contribution is 2.22. The minimum Gasteiger partial charge on any atom is -0.316 e. The van der Waals surface area contributed by atoms with Crippen molar-refractivity contribution < 1.29 is 0 Å². The van der Waals surface area contributed by atoms with Crippen molar-refractivity contribution in [2.45, 2.75) is 32.1 Å². The van der Waals surface area contributed by atoms with Crippen molar-refractivity contribution in [3.63, 3.8) is 0 Å². The van der Waals surface area contributed by atoms with Gasteiger partial charge in [0.05, 0.1) is 0 Å². The van der Waals surface area contributed by atoms with Crippen molar-refractivity contribution in [2.75, 3.05) is 18.8 Å². The zero-order valence-corrected chi connectivity index (χ0v) is 8.08. The smallest absolute Gasteiger partial charge is 0.00398 e. The topological polar surface area (TPSA) is 12.0 Å². The summed E-state index contributed by atoms with van der Waals surface area (Å²) in [5, 5.41) is 3.43. The molecule has 1 rings (SSSR count). The van der Waals surface area contributed by atoms with Crippen LogP contribution in [0, 0.1) is 5.92 Å². The fraction of sp³-hybridized carbons (Fsp3) is 1.00. The molecule has 0 heterocycles. The molecule has 1 saturated carbocycles. The van der Waals surface area contributed by atoms with E-state index in [4.69, 9.17) is 0 Å². The van der Waals surface area contributed by atoms with E-state index < -0.39 is 0 Å². The molecule has 66 valence electrons. The molecule has 0 amide bonds. The first-order valence-electron chi connectivity index (χ1n) is 4.75. The quantitative estimate of drug-likeness (QED) is 0.490. The van der Waals surface area contributed by atoms with Crippen molar-refractivity contribution in [3.8, 4) is 0 Å². The van der Waals surface area contributed by atoms with Gasteiger partial charge in [0, 0.05) is 12.3 Å². The van der Waals surface area contributed by atoms with E-state index in [0.717, 1.165) is 18.2 Å². The Morgan fingerprint density at radius 1 is 1.18 bits per heavy atom. The molecular formula is C9H19NS. The molecule has 0 spiro atoms. The Bertz CT molecular complexity index is 89.6. The van der Waals surface area contributed by atoms with Gasteiger partial charge < -0.3 is 5.32 Å². The molecule has 11 heavy (non-hydrogen) atoms.